The Labute approximate surface area is 201 Å². The van der Waals surface area contributed by atoms with Crippen LogP contribution in [0, 0.1) is 0 Å². The van der Waals surface area contributed by atoms with Gasteiger partial charge in [0, 0.05) is 13.0 Å². The average Bonchev–Trinajstić information content (AvgIpc) is 2.83. The van der Waals surface area contributed by atoms with Gasteiger partial charge < -0.3 is 48.5 Å². The number of nitrogens with two attached hydrogens (primary N) is 3. The maximum atomic E-state index is 12.8. The summed E-state index contributed by atoms with van der Waals surface area (Å²) in [5.74, 6) is -4.03. The first-order chi connectivity index (χ1) is 16.6. The molecule has 194 valence electrons. The molecule has 0 saturated carbocycles. The molecule has 14 nitrogen and oxygen atoms in total. The number of aliphatic hydroxyl groups excluding tert-OH is 2. The van der Waals surface area contributed by atoms with Crippen LogP contribution in [0.15, 0.2) is 35.3 Å². The van der Waals surface area contributed by atoms with Crippen LogP contribution in [0.1, 0.15) is 18.4 Å². The smallest absolute Gasteiger partial charge is 0.326 e. The molecule has 0 heterocycles. The second-order valence-electron chi connectivity index (χ2n) is 7.63. The highest BCUT2D eigenvalue weighted by Gasteiger charge is 2.30. The van der Waals surface area contributed by atoms with Gasteiger partial charge in [-0.05, 0) is 18.4 Å². The molecular formula is C21H33N7O7. The van der Waals surface area contributed by atoms with Crippen molar-refractivity contribution in [2.45, 2.75) is 43.4 Å². The second kappa shape index (κ2) is 15.2. The minimum absolute atomic E-state index is 0.0173. The standard InChI is InChI=1S/C21H33N7O7/c22-13(10-29)17(31)26-14(7-4-8-25-21(23)24)18(32)28-16(11-30)19(33)27-15(20(34)35)9-12-5-2-1-3-6-12/h1-3,5-6,13-16,29-30H,4,7-11,22H2,(H,26,31)(H,27,33)(H,28,32)(H,34,35)(H4,23,24,25). The molecule has 4 unspecified atom stereocenters. The third kappa shape index (κ3) is 10.8. The Bertz CT molecular complexity index is 878. The number of amides is 3. The summed E-state index contributed by atoms with van der Waals surface area (Å²) in [5, 5.41) is 35.1. The van der Waals surface area contributed by atoms with Crippen molar-refractivity contribution in [3.8, 4) is 0 Å². The number of rotatable bonds is 15. The minimum Gasteiger partial charge on any atom is -0.480 e. The summed E-state index contributed by atoms with van der Waals surface area (Å²) in [6, 6.07) is 3.30. The lowest BCUT2D eigenvalue weighted by atomic mass is 10.1. The number of nitrogens with one attached hydrogen (secondary N) is 3. The Morgan fingerprint density at radius 2 is 1.43 bits per heavy atom. The number of hydrogen-bond donors (Lipinski definition) is 9. The van der Waals surface area contributed by atoms with E-state index >= 15 is 0 Å². The van der Waals surface area contributed by atoms with Crippen molar-refractivity contribution >= 4 is 29.7 Å². The van der Waals surface area contributed by atoms with Crippen molar-refractivity contribution in [2.75, 3.05) is 19.8 Å². The highest BCUT2D eigenvalue weighted by molar-refractivity contribution is 5.94. The number of guanidine groups is 1. The lowest BCUT2D eigenvalue weighted by Crippen LogP contribution is -2.58. The first-order valence-electron chi connectivity index (χ1n) is 10.8. The molecule has 12 N–H and O–H groups in total. The summed E-state index contributed by atoms with van der Waals surface area (Å²) < 4.78 is 0. The summed E-state index contributed by atoms with van der Waals surface area (Å²) in [4.78, 5) is 52.9. The Morgan fingerprint density at radius 1 is 0.857 bits per heavy atom. The summed E-state index contributed by atoms with van der Waals surface area (Å²) in [6.07, 6.45) is 0.285. The summed E-state index contributed by atoms with van der Waals surface area (Å²) in [7, 11) is 0. The van der Waals surface area contributed by atoms with E-state index in [1.54, 1.807) is 30.3 Å². The first kappa shape index (κ1) is 29.3. The molecule has 0 aliphatic carbocycles. The number of hydrogen-bond acceptors (Lipinski definition) is 8. The van der Waals surface area contributed by atoms with Crippen molar-refractivity contribution in [1.29, 1.82) is 0 Å². The van der Waals surface area contributed by atoms with Gasteiger partial charge in [-0.15, -0.1) is 0 Å². The van der Waals surface area contributed by atoms with Crippen molar-refractivity contribution < 1.29 is 34.5 Å². The van der Waals surface area contributed by atoms with E-state index in [1.165, 1.54) is 0 Å². The molecule has 14 heteroatoms. The van der Waals surface area contributed by atoms with Crippen LogP contribution in [0.2, 0.25) is 0 Å². The SMILES string of the molecule is NC(N)=NCCCC(NC(=O)C(N)CO)C(=O)NC(CO)C(=O)NC(Cc1ccccc1)C(=O)O. The number of aliphatic carboxylic acids is 1. The zero-order valence-corrected chi connectivity index (χ0v) is 19.1. The van der Waals surface area contributed by atoms with E-state index in [4.69, 9.17) is 22.3 Å². The van der Waals surface area contributed by atoms with E-state index in [0.29, 0.717) is 5.56 Å². The highest BCUT2D eigenvalue weighted by atomic mass is 16.4. The monoisotopic (exact) mass is 495 g/mol. The van der Waals surface area contributed by atoms with Crippen LogP contribution in [0.25, 0.3) is 0 Å². The number of nitrogens with zero attached hydrogens (tertiary/aromatic N) is 1. The van der Waals surface area contributed by atoms with Gasteiger partial charge in [0.2, 0.25) is 17.7 Å². The quantitative estimate of drug-likeness (QED) is 0.0649. The Balaban J connectivity index is 2.87. The van der Waals surface area contributed by atoms with Crippen molar-refractivity contribution in [3.63, 3.8) is 0 Å². The van der Waals surface area contributed by atoms with Crippen molar-refractivity contribution in [3.05, 3.63) is 35.9 Å². The van der Waals surface area contributed by atoms with Gasteiger partial charge >= 0.3 is 5.97 Å². The number of carboxylic acid groups (broad SMARTS) is 1. The van der Waals surface area contributed by atoms with Gasteiger partial charge in [0.05, 0.1) is 13.2 Å². The molecule has 1 rings (SSSR count). The fourth-order valence-electron chi connectivity index (χ4n) is 2.92. The Kier molecular flexibility index (Phi) is 12.7. The summed E-state index contributed by atoms with van der Waals surface area (Å²) >= 11 is 0. The maximum absolute atomic E-state index is 12.8. The van der Waals surface area contributed by atoms with Crippen LogP contribution >= 0.6 is 0 Å². The molecule has 0 aromatic heterocycles. The number of aliphatic hydroxyl groups is 2. The average molecular weight is 496 g/mol. The van der Waals surface area contributed by atoms with Crippen LogP contribution < -0.4 is 33.2 Å². The van der Waals surface area contributed by atoms with E-state index < -0.39 is 61.1 Å². The lowest BCUT2D eigenvalue weighted by Gasteiger charge is -2.24. The van der Waals surface area contributed by atoms with E-state index in [2.05, 4.69) is 20.9 Å². The zero-order chi connectivity index (χ0) is 26.4. The predicted octanol–water partition coefficient (Wildman–Crippen LogP) is -3.87. The Hall–Kier alpha value is -3.75. The van der Waals surface area contributed by atoms with E-state index in [0.717, 1.165) is 0 Å². The molecule has 0 bridgehead atoms. The van der Waals surface area contributed by atoms with Gasteiger partial charge in [-0.2, -0.15) is 0 Å². The molecule has 1 aromatic rings. The second-order valence-corrected chi connectivity index (χ2v) is 7.63. The lowest BCUT2D eigenvalue weighted by molar-refractivity contribution is -0.142. The molecule has 4 atom stereocenters. The summed E-state index contributed by atoms with van der Waals surface area (Å²) in [5.41, 5.74) is 16.6. The number of aliphatic imine (C=N–C) groups is 1. The predicted molar refractivity (Wildman–Crippen MR) is 126 cm³/mol. The molecule has 0 fully saturated rings. The number of carbonyl (C=O) groups is 4. The number of benzene rings is 1. The highest BCUT2D eigenvalue weighted by Crippen LogP contribution is 2.05. The van der Waals surface area contributed by atoms with Crippen LogP contribution in [0.4, 0.5) is 0 Å². The van der Waals surface area contributed by atoms with Gasteiger partial charge in [0.25, 0.3) is 0 Å². The van der Waals surface area contributed by atoms with Crippen molar-refractivity contribution in [2.24, 2.45) is 22.2 Å². The van der Waals surface area contributed by atoms with Crippen LogP contribution in [-0.2, 0) is 25.6 Å². The number of carbonyl (C=O) groups excluding carboxylic acids is 3. The minimum atomic E-state index is -1.50. The molecular weight excluding hydrogens is 462 g/mol. The maximum Gasteiger partial charge on any atom is 0.326 e. The van der Waals surface area contributed by atoms with Crippen LogP contribution in [0.3, 0.4) is 0 Å². The van der Waals surface area contributed by atoms with Gasteiger partial charge in [0.1, 0.15) is 24.2 Å². The zero-order valence-electron chi connectivity index (χ0n) is 19.1. The molecule has 0 spiro atoms. The molecule has 0 radical (unpaired) electrons. The molecule has 1 aromatic carbocycles. The third-order valence-corrected chi connectivity index (χ3v) is 4.82. The van der Waals surface area contributed by atoms with Gasteiger partial charge in [-0.3, -0.25) is 19.4 Å². The van der Waals surface area contributed by atoms with E-state index in [9.17, 15) is 29.4 Å². The number of carboxylic acids is 1. The largest absolute Gasteiger partial charge is 0.480 e. The third-order valence-electron chi connectivity index (χ3n) is 4.82. The summed E-state index contributed by atoms with van der Waals surface area (Å²) in [6.45, 7) is -1.34. The van der Waals surface area contributed by atoms with E-state index in [1.807, 2.05) is 0 Å². The van der Waals surface area contributed by atoms with Crippen molar-refractivity contribution in [1.82, 2.24) is 16.0 Å². The van der Waals surface area contributed by atoms with Gasteiger partial charge in [-0.25, -0.2) is 4.79 Å². The normalized spacial score (nSPS) is 14.0. The fourth-order valence-corrected chi connectivity index (χ4v) is 2.92. The van der Waals surface area contributed by atoms with Crippen LogP contribution in [-0.4, -0.2) is 88.9 Å². The Morgan fingerprint density at radius 3 is 1.97 bits per heavy atom. The molecule has 35 heavy (non-hydrogen) atoms. The van der Waals surface area contributed by atoms with Gasteiger partial charge in [-0.1, -0.05) is 30.3 Å². The van der Waals surface area contributed by atoms with E-state index in [-0.39, 0.29) is 31.8 Å². The molecule has 0 aliphatic rings. The van der Waals surface area contributed by atoms with Crippen LogP contribution in [0.5, 0.6) is 0 Å². The first-order valence-corrected chi connectivity index (χ1v) is 10.8. The topological polar surface area (TPSA) is 255 Å². The fraction of sp³-hybridized carbons (Fsp3) is 0.476. The molecule has 0 saturated heterocycles. The molecule has 0 aliphatic heterocycles. The molecule has 3 amide bonds. The van der Waals surface area contributed by atoms with Gasteiger partial charge in [0.15, 0.2) is 5.96 Å².